The number of carbonyl (C=O) groups excluding carboxylic acids is 3. The third-order valence-corrected chi connectivity index (χ3v) is 16.9. The fraction of sp³-hybridized carbons (Fsp3) is 0.882. The summed E-state index contributed by atoms with van der Waals surface area (Å²) in [6.45, 7) is 6.69. The summed E-state index contributed by atoms with van der Waals surface area (Å²) < 4.78 is 17.0. The van der Waals surface area contributed by atoms with E-state index in [1.54, 1.807) is 0 Å². The molecule has 0 rings (SSSR count). The van der Waals surface area contributed by atoms with Gasteiger partial charge in [-0.2, -0.15) is 0 Å². The molecule has 0 aromatic carbocycles. The van der Waals surface area contributed by atoms with Crippen LogP contribution in [0.2, 0.25) is 0 Å². The van der Waals surface area contributed by atoms with Crippen molar-refractivity contribution in [2.24, 2.45) is 0 Å². The van der Waals surface area contributed by atoms with Gasteiger partial charge in [0, 0.05) is 19.3 Å². The zero-order valence-electron chi connectivity index (χ0n) is 55.5. The summed E-state index contributed by atoms with van der Waals surface area (Å²) in [5.74, 6) is -0.858. The van der Waals surface area contributed by atoms with Crippen molar-refractivity contribution in [2.45, 2.75) is 419 Å². The second kappa shape index (κ2) is 71.1. The third kappa shape index (κ3) is 68.4. The van der Waals surface area contributed by atoms with Crippen molar-refractivity contribution < 1.29 is 28.6 Å². The molecular weight excluding hydrogens is 1010 g/mol. The van der Waals surface area contributed by atoms with Crippen LogP contribution >= 0.6 is 0 Å². The highest BCUT2D eigenvalue weighted by atomic mass is 16.6. The number of ether oxygens (including phenoxy) is 3. The first-order valence-electron chi connectivity index (χ1n) is 37.0. The molecule has 0 aromatic heterocycles. The number of hydrogen-bond acceptors (Lipinski definition) is 6. The Hall–Kier alpha value is -2.37. The highest BCUT2D eigenvalue weighted by Crippen LogP contribution is 2.19. The standard InChI is InChI=1S/C76H142O6/c1-4-7-10-13-16-19-22-25-28-31-33-35-36-37-38-39-40-42-43-45-48-51-54-57-60-63-66-69-75(78)81-72-73(71-80-74(77)68-65-62-59-56-53-50-47-30-27-24-21-18-15-12-9-6-3)82-76(79)70-67-64-61-58-55-52-49-46-44-41-34-32-29-26-23-20-17-14-11-8-5-2/h21,24,30,32,34,47,73H,4-20,22-23,25-29,31,33,35-46,48-72H2,1-3H3/b24-21-,34-32-,47-30-. The van der Waals surface area contributed by atoms with Crippen LogP contribution in [0, 0.1) is 0 Å². The minimum Gasteiger partial charge on any atom is -0.462 e. The fourth-order valence-electron chi connectivity index (χ4n) is 11.3. The first kappa shape index (κ1) is 79.6. The van der Waals surface area contributed by atoms with Crippen molar-refractivity contribution in [1.82, 2.24) is 0 Å². The molecule has 0 aliphatic carbocycles. The van der Waals surface area contributed by atoms with Gasteiger partial charge in [-0.05, 0) is 77.0 Å². The number of carbonyl (C=O) groups is 3. The predicted octanol–water partition coefficient (Wildman–Crippen LogP) is 25.5. The van der Waals surface area contributed by atoms with Crippen molar-refractivity contribution in [3.63, 3.8) is 0 Å². The smallest absolute Gasteiger partial charge is 0.306 e. The van der Waals surface area contributed by atoms with E-state index in [0.717, 1.165) is 77.0 Å². The average molecular weight is 1150 g/mol. The summed E-state index contributed by atoms with van der Waals surface area (Å²) in [7, 11) is 0. The van der Waals surface area contributed by atoms with E-state index in [1.165, 1.54) is 295 Å². The van der Waals surface area contributed by atoms with Gasteiger partial charge in [0.15, 0.2) is 6.10 Å². The van der Waals surface area contributed by atoms with Crippen molar-refractivity contribution in [3.8, 4) is 0 Å². The van der Waals surface area contributed by atoms with E-state index in [0.29, 0.717) is 19.3 Å². The first-order valence-corrected chi connectivity index (χ1v) is 37.0. The summed E-state index contributed by atoms with van der Waals surface area (Å²) >= 11 is 0. The number of unbranched alkanes of at least 4 members (excludes halogenated alkanes) is 52. The molecule has 6 heteroatoms. The Kier molecular flexibility index (Phi) is 69.1. The van der Waals surface area contributed by atoms with Crippen LogP contribution in [-0.2, 0) is 28.6 Å². The van der Waals surface area contributed by atoms with Crippen LogP contribution in [0.4, 0.5) is 0 Å². The van der Waals surface area contributed by atoms with Gasteiger partial charge in [0.1, 0.15) is 13.2 Å². The van der Waals surface area contributed by atoms with Gasteiger partial charge in [0.2, 0.25) is 0 Å². The second-order valence-corrected chi connectivity index (χ2v) is 25.2. The van der Waals surface area contributed by atoms with Gasteiger partial charge >= 0.3 is 17.9 Å². The van der Waals surface area contributed by atoms with E-state index < -0.39 is 6.10 Å². The molecule has 0 fully saturated rings. The van der Waals surface area contributed by atoms with Crippen LogP contribution in [0.3, 0.4) is 0 Å². The Bertz CT molecular complexity index is 1370. The molecule has 0 aliphatic rings. The van der Waals surface area contributed by atoms with E-state index in [4.69, 9.17) is 14.2 Å². The lowest BCUT2D eigenvalue weighted by atomic mass is 10.0. The molecule has 0 heterocycles. The second-order valence-electron chi connectivity index (χ2n) is 25.2. The molecule has 0 radical (unpaired) electrons. The van der Waals surface area contributed by atoms with Crippen molar-refractivity contribution in [1.29, 1.82) is 0 Å². The van der Waals surface area contributed by atoms with Gasteiger partial charge in [-0.3, -0.25) is 14.4 Å². The van der Waals surface area contributed by atoms with E-state index in [1.807, 2.05) is 0 Å². The van der Waals surface area contributed by atoms with Crippen LogP contribution in [0.5, 0.6) is 0 Å². The summed E-state index contributed by atoms with van der Waals surface area (Å²) in [5.41, 5.74) is 0. The number of rotatable bonds is 69. The Balaban J connectivity index is 4.26. The van der Waals surface area contributed by atoms with E-state index in [9.17, 15) is 14.4 Å². The lowest BCUT2D eigenvalue weighted by Crippen LogP contribution is -2.30. The summed E-state index contributed by atoms with van der Waals surface area (Å²) in [6.07, 6.45) is 89.0. The van der Waals surface area contributed by atoms with Crippen LogP contribution in [0.15, 0.2) is 36.5 Å². The third-order valence-electron chi connectivity index (χ3n) is 16.9. The number of esters is 3. The molecule has 0 bridgehead atoms. The molecule has 1 unspecified atom stereocenters. The topological polar surface area (TPSA) is 78.9 Å². The monoisotopic (exact) mass is 1150 g/mol. The molecule has 6 nitrogen and oxygen atoms in total. The van der Waals surface area contributed by atoms with E-state index in [2.05, 4.69) is 57.2 Å². The molecule has 0 saturated carbocycles. The van der Waals surface area contributed by atoms with Crippen LogP contribution in [0.1, 0.15) is 412 Å². The first-order chi connectivity index (χ1) is 40.5. The molecule has 0 saturated heterocycles. The van der Waals surface area contributed by atoms with Gasteiger partial charge in [-0.25, -0.2) is 0 Å². The van der Waals surface area contributed by atoms with Crippen LogP contribution in [-0.4, -0.2) is 37.2 Å². The fourth-order valence-corrected chi connectivity index (χ4v) is 11.3. The molecule has 82 heavy (non-hydrogen) atoms. The zero-order chi connectivity index (χ0) is 59.2. The van der Waals surface area contributed by atoms with E-state index in [-0.39, 0.29) is 31.1 Å². The van der Waals surface area contributed by atoms with Gasteiger partial charge in [-0.15, -0.1) is 0 Å². The predicted molar refractivity (Wildman–Crippen MR) is 358 cm³/mol. The Morgan fingerprint density at radius 2 is 0.439 bits per heavy atom. The molecule has 0 N–H and O–H groups in total. The Labute approximate surface area is 512 Å². The Morgan fingerprint density at radius 3 is 0.695 bits per heavy atom. The summed E-state index contributed by atoms with van der Waals surface area (Å²) in [6, 6.07) is 0. The highest BCUT2D eigenvalue weighted by Gasteiger charge is 2.19. The molecule has 0 amide bonds. The van der Waals surface area contributed by atoms with Crippen molar-refractivity contribution in [2.75, 3.05) is 13.2 Å². The van der Waals surface area contributed by atoms with Crippen LogP contribution in [0.25, 0.3) is 0 Å². The maximum atomic E-state index is 13.0. The van der Waals surface area contributed by atoms with E-state index >= 15 is 0 Å². The summed E-state index contributed by atoms with van der Waals surface area (Å²) in [5, 5.41) is 0. The Morgan fingerprint density at radius 1 is 0.244 bits per heavy atom. The molecule has 0 aromatic rings. The lowest BCUT2D eigenvalue weighted by molar-refractivity contribution is -0.167. The number of allylic oxidation sites excluding steroid dienone is 6. The maximum absolute atomic E-state index is 13.0. The largest absolute Gasteiger partial charge is 0.462 e. The van der Waals surface area contributed by atoms with Gasteiger partial charge in [-0.1, -0.05) is 353 Å². The van der Waals surface area contributed by atoms with Crippen LogP contribution < -0.4 is 0 Å². The molecule has 1 atom stereocenters. The number of hydrogen-bond donors (Lipinski definition) is 0. The van der Waals surface area contributed by atoms with Gasteiger partial charge < -0.3 is 14.2 Å². The SMILES string of the molecule is CCCCCC/C=C\C/C=C\CCCCCCCC(=O)OCC(COC(=O)CCCCCCCCCCCCCCCCCCCCCCCCCCCCC)OC(=O)CCCCCCCCCCC/C=C\CCCCCCCCCC. The minimum atomic E-state index is -0.779. The summed E-state index contributed by atoms with van der Waals surface area (Å²) in [4.78, 5) is 38.5. The minimum absolute atomic E-state index is 0.0727. The zero-order valence-corrected chi connectivity index (χ0v) is 55.5. The molecule has 0 spiro atoms. The highest BCUT2D eigenvalue weighted by molar-refractivity contribution is 5.71. The van der Waals surface area contributed by atoms with Gasteiger partial charge in [0.25, 0.3) is 0 Å². The average Bonchev–Trinajstić information content (AvgIpc) is 3.47. The lowest BCUT2D eigenvalue weighted by Gasteiger charge is -2.18. The molecular formula is C76H142O6. The normalized spacial score (nSPS) is 12.2. The van der Waals surface area contributed by atoms with Crippen molar-refractivity contribution >= 4 is 17.9 Å². The molecule has 0 aliphatic heterocycles. The maximum Gasteiger partial charge on any atom is 0.306 e. The van der Waals surface area contributed by atoms with Crippen molar-refractivity contribution in [3.05, 3.63) is 36.5 Å². The van der Waals surface area contributed by atoms with Gasteiger partial charge in [0.05, 0.1) is 0 Å². The quantitative estimate of drug-likeness (QED) is 0.0261. The molecule has 482 valence electrons.